The second kappa shape index (κ2) is 14.1. The first-order valence-electron chi connectivity index (χ1n) is 15.1. The molecule has 1 aromatic heterocycles. The fourth-order valence-corrected chi connectivity index (χ4v) is 9.81. The van der Waals surface area contributed by atoms with Gasteiger partial charge in [0, 0.05) is 12.4 Å². The number of rotatable bonds is 10. The highest BCUT2D eigenvalue weighted by atomic mass is 28.3. The lowest BCUT2D eigenvalue weighted by molar-refractivity contribution is 0.584. The molecule has 41 heavy (non-hydrogen) atoms. The lowest BCUT2D eigenvalue weighted by Crippen LogP contribution is -2.48. The van der Waals surface area contributed by atoms with Gasteiger partial charge in [0.1, 0.15) is 8.80 Å². The molecule has 0 bridgehead atoms. The molecule has 0 radical (unpaired) electrons. The van der Waals surface area contributed by atoms with Crippen LogP contribution in [0, 0.1) is 0 Å². The second-order valence-electron chi connectivity index (χ2n) is 11.0. The number of benzene rings is 4. The van der Waals surface area contributed by atoms with Gasteiger partial charge in [-0.1, -0.05) is 183 Å². The van der Waals surface area contributed by atoms with E-state index < -0.39 is 8.80 Å². The topological polar surface area (TPSA) is 17.8 Å². The Kier molecular flexibility index (Phi) is 9.88. The first-order chi connectivity index (χ1) is 20.3. The van der Waals surface area contributed by atoms with Crippen molar-refractivity contribution in [3.8, 4) is 0 Å². The number of aromatic nitrogens is 2. The van der Waals surface area contributed by atoms with E-state index in [4.69, 9.17) is 0 Å². The first kappa shape index (κ1) is 28.6. The van der Waals surface area contributed by atoms with Crippen molar-refractivity contribution in [3.05, 3.63) is 163 Å². The van der Waals surface area contributed by atoms with E-state index in [1.54, 1.807) is 0 Å². The summed E-state index contributed by atoms with van der Waals surface area (Å²) in [5, 5.41) is -0.167. The summed E-state index contributed by atoms with van der Waals surface area (Å²) in [6.07, 6.45) is 12.2. The van der Waals surface area contributed by atoms with Crippen LogP contribution in [0.2, 0.25) is 11.9 Å². The minimum absolute atomic E-state index is 0.167. The summed E-state index contributed by atoms with van der Waals surface area (Å²) in [6.45, 7) is 5.15. The summed E-state index contributed by atoms with van der Waals surface area (Å²) in [7, 11) is -1.38. The van der Waals surface area contributed by atoms with E-state index in [9.17, 15) is 0 Å². The van der Waals surface area contributed by atoms with Crippen molar-refractivity contribution in [1.82, 2.24) is 9.55 Å². The van der Waals surface area contributed by atoms with Crippen LogP contribution in [0.1, 0.15) is 44.2 Å². The zero-order chi connectivity index (χ0) is 28.3. The van der Waals surface area contributed by atoms with Crippen LogP contribution in [0.5, 0.6) is 0 Å². The van der Waals surface area contributed by atoms with Crippen LogP contribution < -0.4 is 10.9 Å². The van der Waals surface area contributed by atoms with Crippen molar-refractivity contribution in [1.29, 1.82) is 0 Å². The molecular formula is C37H41BN2Si. The molecule has 1 fully saturated rings. The number of imidazole rings is 1. The van der Waals surface area contributed by atoms with Gasteiger partial charge in [-0.25, -0.2) is 4.98 Å². The van der Waals surface area contributed by atoms with Gasteiger partial charge in [-0.3, -0.25) is 0 Å². The van der Waals surface area contributed by atoms with E-state index in [-0.39, 0.29) is 5.16 Å². The first-order valence-corrected chi connectivity index (χ1v) is 17.2. The molecule has 0 spiro atoms. The molecule has 2 nitrogen and oxygen atoms in total. The van der Waals surface area contributed by atoms with Crippen LogP contribution in [-0.2, 0) is 5.16 Å². The summed E-state index contributed by atoms with van der Waals surface area (Å²) in [4.78, 5) is 4.40. The molecule has 1 saturated carbocycles. The third kappa shape index (κ3) is 6.55. The van der Waals surface area contributed by atoms with E-state index >= 15 is 0 Å². The molecule has 1 atom stereocenters. The number of hydrogen-bond donors (Lipinski definition) is 0. The Morgan fingerprint density at radius 3 is 1.63 bits per heavy atom. The molecule has 1 aliphatic carbocycles. The SMILES string of the molecule is CCC=C[SiH](CC)C(c1ccccc1)(c1ccccc1)n1ccnc1.c1ccc(B(c2ccccc2)C2CC2)cc1. The maximum absolute atomic E-state index is 4.40. The highest BCUT2D eigenvalue weighted by Crippen LogP contribution is 2.39. The minimum atomic E-state index is -1.38. The van der Waals surface area contributed by atoms with Gasteiger partial charge in [0.15, 0.2) is 0 Å². The summed E-state index contributed by atoms with van der Waals surface area (Å²) < 4.78 is 2.33. The third-order valence-corrected chi connectivity index (χ3v) is 12.0. The fourth-order valence-electron chi connectivity index (χ4n) is 6.29. The Balaban J connectivity index is 0.000000181. The molecule has 4 aromatic carbocycles. The number of hydrogen-bond acceptors (Lipinski definition) is 1. The Labute approximate surface area is 248 Å². The molecule has 206 valence electrons. The molecule has 0 N–H and O–H groups in total. The van der Waals surface area contributed by atoms with E-state index in [1.807, 2.05) is 12.5 Å². The van der Waals surface area contributed by atoms with Gasteiger partial charge in [0.2, 0.25) is 6.71 Å². The van der Waals surface area contributed by atoms with Gasteiger partial charge in [-0.05, 0) is 17.5 Å². The molecule has 0 aliphatic heterocycles. The van der Waals surface area contributed by atoms with Gasteiger partial charge in [0.25, 0.3) is 0 Å². The average Bonchev–Trinajstić information content (AvgIpc) is 3.72. The van der Waals surface area contributed by atoms with Gasteiger partial charge in [-0.2, -0.15) is 0 Å². The van der Waals surface area contributed by atoms with E-state index in [1.165, 1.54) is 40.9 Å². The smallest absolute Gasteiger partial charge is 0.212 e. The fraction of sp³-hybridized carbons (Fsp3) is 0.216. The van der Waals surface area contributed by atoms with Crippen LogP contribution in [0.15, 0.2) is 152 Å². The van der Waals surface area contributed by atoms with Crippen LogP contribution in [-0.4, -0.2) is 25.1 Å². The molecule has 1 heterocycles. The Hall–Kier alpha value is -3.89. The predicted octanol–water partition coefficient (Wildman–Crippen LogP) is 7.43. The molecule has 1 unspecified atom stereocenters. The maximum Gasteiger partial charge on any atom is 0.212 e. The van der Waals surface area contributed by atoms with Crippen LogP contribution in [0.4, 0.5) is 0 Å². The van der Waals surface area contributed by atoms with Gasteiger partial charge in [0.05, 0.1) is 11.5 Å². The van der Waals surface area contributed by atoms with Crippen molar-refractivity contribution in [3.63, 3.8) is 0 Å². The number of allylic oxidation sites excluding steroid dienone is 1. The Bertz CT molecular complexity index is 1370. The Morgan fingerprint density at radius 2 is 1.24 bits per heavy atom. The summed E-state index contributed by atoms with van der Waals surface area (Å²) >= 11 is 0. The van der Waals surface area contributed by atoms with Crippen LogP contribution in [0.3, 0.4) is 0 Å². The van der Waals surface area contributed by atoms with Crippen LogP contribution >= 0.6 is 0 Å². The van der Waals surface area contributed by atoms with Gasteiger partial charge in [-0.15, -0.1) is 0 Å². The normalized spacial score (nSPS) is 13.8. The molecular weight excluding hydrogens is 511 g/mol. The molecule has 5 aromatic rings. The largest absolute Gasteiger partial charge is 0.326 e. The summed E-state index contributed by atoms with van der Waals surface area (Å²) in [6, 6.07) is 44.8. The zero-order valence-corrected chi connectivity index (χ0v) is 25.5. The molecule has 4 heteroatoms. The third-order valence-electron chi connectivity index (χ3n) is 8.33. The van der Waals surface area contributed by atoms with Crippen molar-refractivity contribution >= 4 is 26.4 Å². The standard InChI is InChI=1S/C22H26N2Si.C15H15B/c1-3-5-18-25(4-2)22(24-17-16-23-19-24,20-12-8-6-9-13-20)21-14-10-7-11-15-21;1-3-7-13(8-4-1)16(15-11-12-15)14-9-5-2-6-10-14/h5-19,25H,3-4H2,1-2H3;1-10,15H,11-12H2. The second-order valence-corrected chi connectivity index (χ2v) is 14.2. The molecule has 1 aliphatic rings. The lowest BCUT2D eigenvalue weighted by Gasteiger charge is -2.41. The maximum atomic E-state index is 4.40. The molecule has 0 amide bonds. The zero-order valence-electron chi connectivity index (χ0n) is 24.4. The highest BCUT2D eigenvalue weighted by molar-refractivity contribution is 6.86. The summed E-state index contributed by atoms with van der Waals surface area (Å²) in [5.41, 5.74) is 8.14. The quantitative estimate of drug-likeness (QED) is 0.165. The van der Waals surface area contributed by atoms with Gasteiger partial charge < -0.3 is 4.57 Å². The summed E-state index contributed by atoms with van der Waals surface area (Å²) in [5.74, 6) is 0.866. The van der Waals surface area contributed by atoms with Crippen molar-refractivity contribution in [2.45, 2.75) is 50.1 Å². The van der Waals surface area contributed by atoms with E-state index in [2.05, 4.69) is 163 Å². The van der Waals surface area contributed by atoms with E-state index in [0.717, 1.165) is 12.2 Å². The van der Waals surface area contributed by atoms with Crippen LogP contribution in [0.25, 0.3) is 0 Å². The Morgan fingerprint density at radius 1 is 0.756 bits per heavy atom. The minimum Gasteiger partial charge on any atom is -0.326 e. The van der Waals surface area contributed by atoms with Crippen molar-refractivity contribution in [2.75, 3.05) is 0 Å². The van der Waals surface area contributed by atoms with Gasteiger partial charge >= 0.3 is 0 Å². The average molecular weight is 553 g/mol. The monoisotopic (exact) mass is 552 g/mol. The predicted molar refractivity (Wildman–Crippen MR) is 179 cm³/mol. The molecule has 6 rings (SSSR count). The molecule has 0 saturated heterocycles. The number of nitrogens with zero attached hydrogens (tertiary/aromatic N) is 2. The van der Waals surface area contributed by atoms with Crippen molar-refractivity contribution < 1.29 is 0 Å². The highest BCUT2D eigenvalue weighted by Gasteiger charge is 2.42. The van der Waals surface area contributed by atoms with Crippen molar-refractivity contribution in [2.24, 2.45) is 0 Å². The lowest BCUT2D eigenvalue weighted by atomic mass is 9.37. The van der Waals surface area contributed by atoms with E-state index in [0.29, 0.717) is 6.71 Å².